The quantitative estimate of drug-likeness (QED) is 0.264. The Balaban J connectivity index is 3.10. The Labute approximate surface area is 57.0 Å². The highest BCUT2D eigenvalue weighted by molar-refractivity contribution is 6.47. The van der Waals surface area contributed by atoms with Crippen LogP contribution in [-0.2, 0) is 14.4 Å². The summed E-state index contributed by atoms with van der Waals surface area (Å²) in [6.45, 7) is 0. The second-order valence-corrected chi connectivity index (χ2v) is 1.87. The van der Waals surface area contributed by atoms with E-state index in [4.69, 9.17) is 0 Å². The number of ketones is 2. The second-order valence-electron chi connectivity index (χ2n) is 1.87. The number of rotatable bonds is 0. The fourth-order valence-electron chi connectivity index (χ4n) is 0.683. The lowest BCUT2D eigenvalue weighted by molar-refractivity contribution is -0.133. The van der Waals surface area contributed by atoms with Gasteiger partial charge in [0.15, 0.2) is 0 Å². The van der Waals surface area contributed by atoms with E-state index >= 15 is 0 Å². The van der Waals surface area contributed by atoms with Gasteiger partial charge in [0.25, 0.3) is 0 Å². The molecule has 0 heterocycles. The molecule has 1 aliphatic carbocycles. The zero-order chi connectivity index (χ0) is 7.56. The van der Waals surface area contributed by atoms with Gasteiger partial charge in [-0.25, -0.2) is 4.79 Å². The van der Waals surface area contributed by atoms with E-state index in [0.29, 0.717) is 0 Å². The molecule has 0 fully saturated rings. The van der Waals surface area contributed by atoms with Gasteiger partial charge in [-0.05, 0) is 6.08 Å². The van der Waals surface area contributed by atoms with Crippen molar-refractivity contribution in [2.75, 3.05) is 0 Å². The van der Waals surface area contributed by atoms with Crippen LogP contribution in [0.3, 0.4) is 0 Å². The smallest absolute Gasteiger partial charge is 0.239 e. The van der Waals surface area contributed by atoms with Crippen LogP contribution >= 0.6 is 0 Å². The van der Waals surface area contributed by atoms with Gasteiger partial charge in [0.05, 0.1) is 0 Å². The molecule has 3 nitrogen and oxygen atoms in total. The van der Waals surface area contributed by atoms with E-state index in [2.05, 4.69) is 0 Å². The molecule has 0 aliphatic heterocycles. The molecule has 0 N–H and O–H groups in total. The van der Waals surface area contributed by atoms with Gasteiger partial charge in [0, 0.05) is 6.42 Å². The molecule has 50 valence electrons. The van der Waals surface area contributed by atoms with Gasteiger partial charge in [-0.3, -0.25) is 9.59 Å². The molecule has 3 heteroatoms. The molecular weight excluding hydrogens is 132 g/mol. The molecule has 0 bridgehead atoms. The molecule has 1 aliphatic rings. The zero-order valence-corrected chi connectivity index (χ0v) is 5.09. The Morgan fingerprint density at radius 3 is 2.60 bits per heavy atom. The summed E-state index contributed by atoms with van der Waals surface area (Å²) in [6, 6.07) is 0. The van der Waals surface area contributed by atoms with Crippen LogP contribution in [0, 0.1) is 0 Å². The lowest BCUT2D eigenvalue weighted by atomic mass is 10.0. The Bertz CT molecular complexity index is 267. The average Bonchev–Trinajstić information content (AvgIpc) is 1.95. The molecule has 0 aromatic carbocycles. The molecule has 0 atom stereocenters. The number of Topliss-reactive ketones (excluding diaryl/α,β-unsaturated/α-hetero) is 2. The van der Waals surface area contributed by atoms with Crippen molar-refractivity contribution in [3.05, 3.63) is 17.7 Å². The first-order valence-corrected chi connectivity index (χ1v) is 2.75. The standard InChI is InChI=1S/C7H4O3/c8-4-5-2-1-3-6(9)7(5)10/h1-2H,3H2. The van der Waals surface area contributed by atoms with E-state index in [9.17, 15) is 14.4 Å². The minimum atomic E-state index is -0.725. The second kappa shape index (κ2) is 2.42. The Hall–Kier alpha value is -1.47. The summed E-state index contributed by atoms with van der Waals surface area (Å²) in [7, 11) is 0. The molecule has 0 radical (unpaired) electrons. The molecular formula is C7H4O3. The van der Waals surface area contributed by atoms with Gasteiger partial charge in [-0.15, -0.1) is 0 Å². The summed E-state index contributed by atoms with van der Waals surface area (Å²) in [5.74, 6) is 0.128. The van der Waals surface area contributed by atoms with Gasteiger partial charge in [-0.1, -0.05) is 6.08 Å². The molecule has 0 saturated heterocycles. The minimum Gasteiger partial charge on any atom is -0.290 e. The normalized spacial score (nSPS) is 17.4. The van der Waals surface area contributed by atoms with Gasteiger partial charge < -0.3 is 0 Å². The third-order valence-electron chi connectivity index (χ3n) is 1.20. The van der Waals surface area contributed by atoms with Crippen LogP contribution in [-0.4, -0.2) is 17.5 Å². The molecule has 0 saturated carbocycles. The minimum absolute atomic E-state index is 0.101. The highest BCUT2D eigenvalue weighted by atomic mass is 16.2. The number of allylic oxidation sites excluding steroid dienone is 3. The Kier molecular flexibility index (Phi) is 1.61. The SMILES string of the molecule is O=C=C1C=CCC(=O)C1=O. The van der Waals surface area contributed by atoms with Crippen molar-refractivity contribution < 1.29 is 14.4 Å². The molecule has 0 spiro atoms. The van der Waals surface area contributed by atoms with E-state index < -0.39 is 11.6 Å². The van der Waals surface area contributed by atoms with Gasteiger partial charge in [-0.2, -0.15) is 0 Å². The van der Waals surface area contributed by atoms with Gasteiger partial charge in [0.1, 0.15) is 11.5 Å². The van der Waals surface area contributed by atoms with Crippen LogP contribution in [0.1, 0.15) is 6.42 Å². The van der Waals surface area contributed by atoms with Crippen molar-refractivity contribution in [2.24, 2.45) is 0 Å². The van der Waals surface area contributed by atoms with E-state index in [1.807, 2.05) is 0 Å². The summed E-state index contributed by atoms with van der Waals surface area (Å²) in [5, 5.41) is 0. The lowest BCUT2D eigenvalue weighted by Crippen LogP contribution is -2.17. The van der Waals surface area contributed by atoms with Crippen molar-refractivity contribution >= 4 is 17.5 Å². The molecule has 0 amide bonds. The molecule has 0 aromatic rings. The summed E-state index contributed by atoms with van der Waals surface area (Å²) in [6.07, 6.45) is 2.89. The predicted octanol–water partition coefficient (Wildman–Crippen LogP) is -0.157. The fourth-order valence-corrected chi connectivity index (χ4v) is 0.683. The maximum absolute atomic E-state index is 10.7. The van der Waals surface area contributed by atoms with Crippen molar-refractivity contribution in [1.82, 2.24) is 0 Å². The molecule has 0 aromatic heterocycles. The van der Waals surface area contributed by atoms with Crippen LogP contribution < -0.4 is 0 Å². The largest absolute Gasteiger partial charge is 0.290 e. The molecule has 0 unspecified atom stereocenters. The van der Waals surface area contributed by atoms with Gasteiger partial charge in [0.2, 0.25) is 11.6 Å². The van der Waals surface area contributed by atoms with Crippen LogP contribution in [0.25, 0.3) is 0 Å². The van der Waals surface area contributed by atoms with E-state index in [1.54, 1.807) is 0 Å². The van der Waals surface area contributed by atoms with Crippen LogP contribution in [0.5, 0.6) is 0 Å². The van der Waals surface area contributed by atoms with Crippen molar-refractivity contribution in [3.8, 4) is 0 Å². The zero-order valence-electron chi connectivity index (χ0n) is 5.09. The van der Waals surface area contributed by atoms with Crippen molar-refractivity contribution in [2.45, 2.75) is 6.42 Å². The third kappa shape index (κ3) is 0.946. The maximum atomic E-state index is 10.7. The summed E-state index contributed by atoms with van der Waals surface area (Å²) >= 11 is 0. The fraction of sp³-hybridized carbons (Fsp3) is 0.143. The first kappa shape index (κ1) is 6.65. The molecule has 10 heavy (non-hydrogen) atoms. The lowest BCUT2D eigenvalue weighted by Gasteiger charge is -1.98. The van der Waals surface area contributed by atoms with Gasteiger partial charge >= 0.3 is 0 Å². The third-order valence-corrected chi connectivity index (χ3v) is 1.20. The van der Waals surface area contributed by atoms with Crippen molar-refractivity contribution in [3.63, 3.8) is 0 Å². The van der Waals surface area contributed by atoms with Crippen LogP contribution in [0.2, 0.25) is 0 Å². The van der Waals surface area contributed by atoms with E-state index in [1.165, 1.54) is 18.1 Å². The predicted molar refractivity (Wildman–Crippen MR) is 33.0 cm³/mol. The summed E-state index contributed by atoms with van der Waals surface area (Å²) < 4.78 is 0. The maximum Gasteiger partial charge on any atom is 0.239 e. The average molecular weight is 136 g/mol. The van der Waals surface area contributed by atoms with Crippen LogP contribution in [0.15, 0.2) is 17.7 Å². The number of hydrogen-bond acceptors (Lipinski definition) is 3. The monoisotopic (exact) mass is 136 g/mol. The number of hydrogen-bond donors (Lipinski definition) is 0. The highest BCUT2D eigenvalue weighted by Crippen LogP contribution is 2.05. The molecule has 1 rings (SSSR count). The Morgan fingerprint density at radius 1 is 1.40 bits per heavy atom. The highest BCUT2D eigenvalue weighted by Gasteiger charge is 2.19. The Morgan fingerprint density at radius 2 is 2.10 bits per heavy atom. The first-order valence-electron chi connectivity index (χ1n) is 2.75. The summed E-state index contributed by atoms with van der Waals surface area (Å²) in [4.78, 5) is 31.1. The first-order chi connectivity index (χ1) is 4.75. The summed E-state index contributed by atoms with van der Waals surface area (Å²) in [5.41, 5.74) is -0.170. The van der Waals surface area contributed by atoms with E-state index in [-0.39, 0.29) is 12.0 Å². The van der Waals surface area contributed by atoms with E-state index in [0.717, 1.165) is 0 Å². The number of carbonyl (C=O) groups is 2. The van der Waals surface area contributed by atoms with Crippen LogP contribution in [0.4, 0.5) is 0 Å². The van der Waals surface area contributed by atoms with Crippen molar-refractivity contribution in [1.29, 1.82) is 0 Å². The topological polar surface area (TPSA) is 51.2 Å². The number of carbonyl (C=O) groups excluding carboxylic acids is 3.